The van der Waals surface area contributed by atoms with Crippen LogP contribution in [0.15, 0.2) is 59.9 Å². The van der Waals surface area contributed by atoms with Crippen molar-refractivity contribution in [2.24, 2.45) is 10.4 Å². The Kier molecular flexibility index (Phi) is 7.62. The summed E-state index contributed by atoms with van der Waals surface area (Å²) in [6.45, 7) is 8.37. The number of rotatable bonds is 6. The fraction of sp³-hybridized carbons (Fsp3) is 0.345. The molecular weight excluding hydrogens is 572 g/mol. The molecule has 43 heavy (non-hydrogen) atoms. The van der Waals surface area contributed by atoms with E-state index in [2.05, 4.69) is 44.8 Å². The van der Waals surface area contributed by atoms with Gasteiger partial charge >= 0.3 is 0 Å². The minimum Gasteiger partial charge on any atom is -0.548 e. The summed E-state index contributed by atoms with van der Waals surface area (Å²) in [5, 5.41) is 14.2. The Morgan fingerprint density at radius 1 is 1.09 bits per heavy atom. The fourth-order valence-electron chi connectivity index (χ4n) is 5.11. The maximum atomic E-state index is 13.4. The van der Waals surface area contributed by atoms with Gasteiger partial charge in [0.15, 0.2) is 28.4 Å². The molecule has 0 saturated carbocycles. The average Bonchev–Trinajstić information content (AvgIpc) is 3.61. The molecule has 13 nitrogen and oxygen atoms in total. The fourth-order valence-corrected chi connectivity index (χ4v) is 5.77. The van der Waals surface area contributed by atoms with Gasteiger partial charge in [0.25, 0.3) is 5.91 Å². The number of benzene rings is 2. The van der Waals surface area contributed by atoms with Crippen molar-refractivity contribution in [1.29, 1.82) is 0 Å². The van der Waals surface area contributed by atoms with E-state index in [0.29, 0.717) is 43.6 Å². The summed E-state index contributed by atoms with van der Waals surface area (Å²) < 4.78 is 30.5. The molecule has 2 atom stereocenters. The van der Waals surface area contributed by atoms with E-state index in [1.54, 1.807) is 41.6 Å². The summed E-state index contributed by atoms with van der Waals surface area (Å²) in [5.74, 6) is 1.59. The zero-order valence-corrected chi connectivity index (χ0v) is 24.8. The third-order valence-corrected chi connectivity index (χ3v) is 8.01. The van der Waals surface area contributed by atoms with Crippen molar-refractivity contribution in [3.05, 3.63) is 71.5 Å². The Labute approximate surface area is 251 Å². The SMILES string of the molecule is CC(C)(C)[C@@H](N=c1[nH][s+]([O-])nc1Nc1cccc(C(=O)N2CCN(c3ncccn3)CC2)c1O)c1ccc2c(c1)OCO2. The van der Waals surface area contributed by atoms with Crippen molar-refractivity contribution in [2.75, 3.05) is 43.2 Å². The van der Waals surface area contributed by atoms with Crippen molar-refractivity contribution in [3.8, 4) is 17.2 Å². The van der Waals surface area contributed by atoms with Crippen molar-refractivity contribution < 1.29 is 23.9 Å². The first-order valence-corrected chi connectivity index (χ1v) is 14.9. The number of phenols is 1. The number of piperazine rings is 1. The number of hydrogen-bond acceptors (Lipinski definition) is 11. The maximum absolute atomic E-state index is 13.4. The number of H-pyrrole nitrogens is 1. The third-order valence-electron chi connectivity index (χ3n) is 7.29. The van der Waals surface area contributed by atoms with E-state index in [4.69, 9.17) is 14.5 Å². The molecule has 1 saturated heterocycles. The van der Waals surface area contributed by atoms with Crippen LogP contribution in [0.2, 0.25) is 0 Å². The molecule has 14 heteroatoms. The van der Waals surface area contributed by atoms with Crippen LogP contribution in [-0.4, -0.2) is 72.2 Å². The Balaban J connectivity index is 1.24. The molecule has 0 spiro atoms. The van der Waals surface area contributed by atoms with Crippen molar-refractivity contribution >= 4 is 34.5 Å². The van der Waals surface area contributed by atoms with Crippen LogP contribution in [0.4, 0.5) is 17.5 Å². The minimum atomic E-state index is -1.77. The van der Waals surface area contributed by atoms with Gasteiger partial charge in [-0.25, -0.2) is 9.97 Å². The molecule has 0 aliphatic carbocycles. The number of hydrogen-bond donors (Lipinski definition) is 3. The number of fused-ring (bicyclic) bond motifs is 1. The van der Waals surface area contributed by atoms with Crippen molar-refractivity contribution in [2.45, 2.75) is 26.8 Å². The Hall–Kier alpha value is -4.69. The number of carbonyl (C=O) groups excluding carboxylic acids is 1. The number of aromatic hydroxyl groups is 1. The summed E-state index contributed by atoms with van der Waals surface area (Å²) in [6.07, 6.45) is 3.37. The number of nitrogens with zero attached hydrogens (tertiary/aromatic N) is 6. The van der Waals surface area contributed by atoms with Crippen LogP contribution >= 0.6 is 11.1 Å². The minimum absolute atomic E-state index is 0.147. The van der Waals surface area contributed by atoms with E-state index >= 15 is 0 Å². The molecular formula is C29H32N8O5S. The first-order valence-electron chi connectivity index (χ1n) is 13.8. The molecule has 2 aromatic carbocycles. The van der Waals surface area contributed by atoms with E-state index in [1.807, 2.05) is 23.1 Å². The zero-order chi connectivity index (χ0) is 30.1. The normalized spacial score (nSPS) is 16.4. The summed E-state index contributed by atoms with van der Waals surface area (Å²) in [4.78, 5) is 30.6. The summed E-state index contributed by atoms with van der Waals surface area (Å²) in [6, 6.07) is 11.9. The number of phenolic OH excluding ortho intramolecular Hbond substituents is 1. The van der Waals surface area contributed by atoms with Gasteiger partial charge in [-0.1, -0.05) is 32.9 Å². The predicted octanol–water partition coefficient (Wildman–Crippen LogP) is 3.76. The highest BCUT2D eigenvalue weighted by molar-refractivity contribution is 7.13. The van der Waals surface area contributed by atoms with Crippen LogP contribution in [0, 0.1) is 5.41 Å². The smallest absolute Gasteiger partial charge is 0.257 e. The van der Waals surface area contributed by atoms with Gasteiger partial charge in [0.2, 0.25) is 24.0 Å². The average molecular weight is 605 g/mol. The molecule has 1 fully saturated rings. The highest BCUT2D eigenvalue weighted by atomic mass is 32.2. The lowest BCUT2D eigenvalue weighted by Crippen LogP contribution is -2.49. The van der Waals surface area contributed by atoms with Crippen molar-refractivity contribution in [1.82, 2.24) is 23.6 Å². The molecule has 2 aliphatic heterocycles. The van der Waals surface area contributed by atoms with Gasteiger partial charge in [-0.05, 0) is 41.3 Å². The quantitative estimate of drug-likeness (QED) is 0.218. The number of carbonyl (C=O) groups is 1. The maximum Gasteiger partial charge on any atom is 0.257 e. The standard InChI is InChI=1S/C29H32N8O5S/c1-29(2,3)24(18-8-9-21-22(16-18)42-17-41-21)33-26-25(34-43(40)35-26)32-20-7-4-6-19(23(20)38)27(39)36-12-14-37(15-13-36)28-30-10-5-11-31-28/h4-11,16,24,38H,12-15,17H2,1-3H3,(H,32,34)(H,33,35)/t24-,43?/m0/s1. The van der Waals surface area contributed by atoms with E-state index in [1.165, 1.54) is 0 Å². The van der Waals surface area contributed by atoms with Crippen LogP contribution in [0.1, 0.15) is 42.7 Å². The molecule has 4 aromatic rings. The summed E-state index contributed by atoms with van der Waals surface area (Å²) in [5.41, 5.74) is 1.21. The molecule has 1 amide bonds. The van der Waals surface area contributed by atoms with Gasteiger partial charge in [0.05, 0.1) is 17.3 Å². The first kappa shape index (κ1) is 28.4. The summed E-state index contributed by atoms with van der Waals surface area (Å²) >= 11 is -1.77. The first-order chi connectivity index (χ1) is 20.7. The number of aromatic nitrogens is 4. The second-order valence-corrected chi connectivity index (χ2v) is 12.2. The lowest BCUT2D eigenvalue weighted by atomic mass is 9.82. The van der Waals surface area contributed by atoms with Gasteiger partial charge in [-0.2, -0.15) is 0 Å². The van der Waals surface area contributed by atoms with Crippen molar-refractivity contribution in [3.63, 3.8) is 0 Å². The van der Waals surface area contributed by atoms with Gasteiger partial charge in [-0.15, -0.1) is 4.37 Å². The second-order valence-electron chi connectivity index (χ2n) is 11.3. The lowest BCUT2D eigenvalue weighted by Gasteiger charge is -2.34. The molecule has 224 valence electrons. The molecule has 2 aromatic heterocycles. The van der Waals surface area contributed by atoms with E-state index in [9.17, 15) is 14.5 Å². The van der Waals surface area contributed by atoms with Crippen LogP contribution < -0.4 is 25.2 Å². The summed E-state index contributed by atoms with van der Waals surface area (Å²) in [7, 11) is 0. The van der Waals surface area contributed by atoms with Gasteiger partial charge in [0, 0.05) is 42.9 Å². The Morgan fingerprint density at radius 2 is 1.84 bits per heavy atom. The molecule has 3 N–H and O–H groups in total. The zero-order valence-electron chi connectivity index (χ0n) is 24.0. The van der Waals surface area contributed by atoms with E-state index in [-0.39, 0.29) is 52.5 Å². The largest absolute Gasteiger partial charge is 0.548 e. The Bertz CT molecular complexity index is 1690. The van der Waals surface area contributed by atoms with E-state index < -0.39 is 11.1 Å². The second kappa shape index (κ2) is 11.5. The number of amides is 1. The molecule has 2 aliphatic rings. The number of para-hydroxylation sites is 1. The molecule has 4 heterocycles. The number of nitrogens with one attached hydrogen (secondary N) is 2. The third kappa shape index (κ3) is 5.96. The highest BCUT2D eigenvalue weighted by Crippen LogP contribution is 2.41. The number of anilines is 3. The predicted molar refractivity (Wildman–Crippen MR) is 159 cm³/mol. The lowest BCUT2D eigenvalue weighted by molar-refractivity contribution is 0.0743. The van der Waals surface area contributed by atoms with E-state index in [0.717, 1.165) is 5.56 Å². The van der Waals surface area contributed by atoms with Gasteiger partial charge in [-0.3, -0.25) is 9.79 Å². The molecule has 1 unspecified atom stereocenters. The number of aromatic amines is 1. The molecule has 0 bridgehead atoms. The Morgan fingerprint density at radius 3 is 2.58 bits per heavy atom. The van der Waals surface area contributed by atoms with Crippen LogP contribution in [0.3, 0.4) is 0 Å². The van der Waals surface area contributed by atoms with Crippen LogP contribution in [0.5, 0.6) is 17.2 Å². The number of ether oxygens (including phenoxy) is 2. The van der Waals surface area contributed by atoms with Crippen LogP contribution in [0.25, 0.3) is 0 Å². The highest BCUT2D eigenvalue weighted by Gasteiger charge is 2.29. The topological polar surface area (TPSA) is 164 Å². The van der Waals surface area contributed by atoms with Crippen LogP contribution in [-0.2, 0) is 0 Å². The molecule has 6 rings (SSSR count). The van der Waals surface area contributed by atoms with Gasteiger partial charge in [0.1, 0.15) is 0 Å². The van der Waals surface area contributed by atoms with Gasteiger partial charge < -0.3 is 34.2 Å². The monoisotopic (exact) mass is 604 g/mol. The molecule has 0 radical (unpaired) electrons.